The second kappa shape index (κ2) is 8.38. The van der Waals surface area contributed by atoms with E-state index in [2.05, 4.69) is 25.9 Å². The van der Waals surface area contributed by atoms with Crippen LogP contribution in [-0.2, 0) is 0 Å². The smallest absolute Gasteiger partial charge is 0.143 e. The molecular formula is C12H4BrCl2IN4. The maximum absolute atomic E-state index is 8.41. The number of nitriles is 2. The number of hydrogen-bond donors (Lipinski definition) is 0. The lowest BCUT2D eigenvalue weighted by molar-refractivity contribution is 1.22. The monoisotopic (exact) mass is 480 g/mol. The molecule has 0 N–H and O–H groups in total. The summed E-state index contributed by atoms with van der Waals surface area (Å²) in [5, 5.41) is 17.9. The van der Waals surface area contributed by atoms with E-state index >= 15 is 0 Å². The van der Waals surface area contributed by atoms with Crippen molar-refractivity contribution < 1.29 is 0 Å². The highest BCUT2D eigenvalue weighted by Crippen LogP contribution is 2.15. The van der Waals surface area contributed by atoms with Crippen LogP contribution in [-0.4, -0.2) is 9.97 Å². The Morgan fingerprint density at radius 2 is 1.45 bits per heavy atom. The molecule has 2 aromatic rings. The van der Waals surface area contributed by atoms with Crippen LogP contribution in [0, 0.1) is 26.4 Å². The van der Waals surface area contributed by atoms with Gasteiger partial charge in [-0.3, -0.25) is 0 Å². The third-order valence-electron chi connectivity index (χ3n) is 1.75. The van der Waals surface area contributed by atoms with E-state index in [9.17, 15) is 0 Å². The van der Waals surface area contributed by atoms with Gasteiger partial charge in [0.25, 0.3) is 0 Å². The molecule has 0 radical (unpaired) electrons. The molecule has 0 atom stereocenters. The molecule has 0 aromatic carbocycles. The average molecular weight is 482 g/mol. The van der Waals surface area contributed by atoms with Gasteiger partial charge in [0.15, 0.2) is 0 Å². The van der Waals surface area contributed by atoms with Gasteiger partial charge in [0.05, 0.1) is 0 Å². The Morgan fingerprint density at radius 3 is 1.90 bits per heavy atom. The SMILES string of the molecule is N#Cc1cc(Cl)cc(Br)n1.N#Cc1cc(Cl)cc(I)n1. The third kappa shape index (κ3) is 6.02. The third-order valence-corrected chi connectivity index (χ3v) is 3.14. The van der Waals surface area contributed by atoms with E-state index in [4.69, 9.17) is 33.7 Å². The summed E-state index contributed by atoms with van der Waals surface area (Å²) in [5.74, 6) is 0. The lowest BCUT2D eigenvalue weighted by atomic mass is 10.4. The van der Waals surface area contributed by atoms with E-state index in [1.807, 2.05) is 34.7 Å². The number of hydrogen-bond acceptors (Lipinski definition) is 4. The van der Waals surface area contributed by atoms with Gasteiger partial charge in [0, 0.05) is 10.0 Å². The van der Waals surface area contributed by atoms with E-state index < -0.39 is 0 Å². The Kier molecular flexibility index (Phi) is 7.17. The molecule has 0 spiro atoms. The van der Waals surface area contributed by atoms with Crippen molar-refractivity contribution in [3.63, 3.8) is 0 Å². The number of nitrogens with zero attached hydrogens (tertiary/aromatic N) is 4. The highest BCUT2D eigenvalue weighted by Gasteiger charge is 1.96. The molecule has 2 aromatic heterocycles. The summed E-state index contributed by atoms with van der Waals surface area (Å²) in [5.41, 5.74) is 0.677. The molecule has 0 aliphatic carbocycles. The Labute approximate surface area is 147 Å². The average Bonchev–Trinajstić information content (AvgIpc) is 2.37. The van der Waals surface area contributed by atoms with Crippen LogP contribution in [0.2, 0.25) is 10.0 Å². The molecule has 0 aliphatic rings. The number of rotatable bonds is 0. The normalized spacial score (nSPS) is 8.90. The second-order valence-electron chi connectivity index (χ2n) is 3.21. The fraction of sp³-hybridized carbons (Fsp3) is 0. The van der Waals surface area contributed by atoms with Crippen LogP contribution in [0.5, 0.6) is 0 Å². The maximum Gasteiger partial charge on any atom is 0.143 e. The number of halogens is 4. The molecule has 20 heavy (non-hydrogen) atoms. The van der Waals surface area contributed by atoms with E-state index in [-0.39, 0.29) is 0 Å². The van der Waals surface area contributed by atoms with Crippen molar-refractivity contribution in [2.45, 2.75) is 0 Å². The zero-order valence-electron chi connectivity index (χ0n) is 9.61. The van der Waals surface area contributed by atoms with Crippen LogP contribution in [0.15, 0.2) is 28.9 Å². The summed E-state index contributed by atoms with van der Waals surface area (Å²) in [6, 6.07) is 10.2. The van der Waals surface area contributed by atoms with Crippen LogP contribution >= 0.6 is 61.7 Å². The summed E-state index contributed by atoms with van der Waals surface area (Å²) in [6.45, 7) is 0. The zero-order valence-corrected chi connectivity index (χ0v) is 14.9. The topological polar surface area (TPSA) is 73.4 Å². The summed E-state index contributed by atoms with van der Waals surface area (Å²) >= 11 is 16.4. The van der Waals surface area contributed by atoms with Crippen molar-refractivity contribution in [2.24, 2.45) is 0 Å². The molecule has 2 heterocycles. The van der Waals surface area contributed by atoms with E-state index in [1.165, 1.54) is 12.1 Å². The lowest BCUT2D eigenvalue weighted by Crippen LogP contribution is -1.84. The van der Waals surface area contributed by atoms with Crippen LogP contribution in [0.1, 0.15) is 11.4 Å². The molecule has 8 heteroatoms. The summed E-state index contributed by atoms with van der Waals surface area (Å²) in [6.07, 6.45) is 0. The summed E-state index contributed by atoms with van der Waals surface area (Å²) in [4.78, 5) is 7.72. The molecular weight excluding hydrogens is 478 g/mol. The molecule has 2 rings (SSSR count). The van der Waals surface area contributed by atoms with E-state index in [0.717, 1.165) is 3.70 Å². The first kappa shape index (κ1) is 17.1. The molecule has 0 saturated carbocycles. The molecule has 0 fully saturated rings. The molecule has 0 aliphatic heterocycles. The van der Waals surface area contributed by atoms with Gasteiger partial charge in [-0.1, -0.05) is 23.2 Å². The lowest BCUT2D eigenvalue weighted by Gasteiger charge is -1.91. The Bertz CT molecular complexity index is 608. The van der Waals surface area contributed by atoms with Crippen molar-refractivity contribution in [1.29, 1.82) is 10.5 Å². The van der Waals surface area contributed by atoms with Gasteiger partial charge in [0.2, 0.25) is 0 Å². The van der Waals surface area contributed by atoms with Gasteiger partial charge in [0.1, 0.15) is 31.8 Å². The van der Waals surface area contributed by atoms with Crippen molar-refractivity contribution in [1.82, 2.24) is 9.97 Å². The van der Waals surface area contributed by atoms with Crippen LogP contribution in [0.3, 0.4) is 0 Å². The molecule has 0 amide bonds. The summed E-state index contributed by atoms with van der Waals surface area (Å²) in [7, 11) is 0. The van der Waals surface area contributed by atoms with Crippen molar-refractivity contribution in [3.05, 3.63) is 54.0 Å². The first-order valence-electron chi connectivity index (χ1n) is 4.91. The fourth-order valence-corrected chi connectivity index (χ4v) is 2.81. The molecule has 0 saturated heterocycles. The minimum absolute atomic E-state index is 0.319. The first-order valence-corrected chi connectivity index (χ1v) is 7.53. The predicted molar refractivity (Wildman–Crippen MR) is 88.3 cm³/mol. The fourth-order valence-electron chi connectivity index (χ4n) is 1.05. The minimum atomic E-state index is 0.319. The predicted octanol–water partition coefficient (Wildman–Crippen LogP) is 4.58. The first-order chi connectivity index (χ1) is 9.44. The van der Waals surface area contributed by atoms with Crippen LogP contribution in [0.25, 0.3) is 0 Å². The maximum atomic E-state index is 8.41. The molecule has 100 valence electrons. The number of aromatic nitrogens is 2. The Hall–Kier alpha value is -0.930. The van der Waals surface area contributed by atoms with E-state index in [0.29, 0.717) is 26.0 Å². The highest BCUT2D eigenvalue weighted by atomic mass is 127. The van der Waals surface area contributed by atoms with E-state index in [1.54, 1.807) is 12.1 Å². The van der Waals surface area contributed by atoms with Gasteiger partial charge in [-0.25, -0.2) is 9.97 Å². The van der Waals surface area contributed by atoms with Gasteiger partial charge >= 0.3 is 0 Å². The van der Waals surface area contributed by atoms with Gasteiger partial charge in [-0.2, -0.15) is 10.5 Å². The second-order valence-corrected chi connectivity index (χ2v) is 6.00. The zero-order chi connectivity index (χ0) is 15.1. The van der Waals surface area contributed by atoms with Gasteiger partial charge in [-0.05, 0) is 62.8 Å². The van der Waals surface area contributed by atoms with Gasteiger partial charge < -0.3 is 0 Å². The van der Waals surface area contributed by atoms with Crippen molar-refractivity contribution in [2.75, 3.05) is 0 Å². The minimum Gasteiger partial charge on any atom is -0.231 e. The highest BCUT2D eigenvalue weighted by molar-refractivity contribution is 14.1. The Morgan fingerprint density at radius 1 is 0.950 bits per heavy atom. The Balaban J connectivity index is 0.000000200. The quantitative estimate of drug-likeness (QED) is 0.408. The van der Waals surface area contributed by atoms with Crippen LogP contribution in [0.4, 0.5) is 0 Å². The standard InChI is InChI=1S/C6H2BrClN2.C6H2ClIN2/c7-6-2-4(8)1-5(3-9)10-6;7-4-1-5(3-9)10-6(8)2-4/h2*1-2H. The van der Waals surface area contributed by atoms with Gasteiger partial charge in [-0.15, -0.1) is 0 Å². The molecule has 4 nitrogen and oxygen atoms in total. The summed E-state index contributed by atoms with van der Waals surface area (Å²) < 4.78 is 1.32. The molecule has 0 bridgehead atoms. The van der Waals surface area contributed by atoms with Crippen LogP contribution < -0.4 is 0 Å². The van der Waals surface area contributed by atoms with Crippen molar-refractivity contribution >= 4 is 61.7 Å². The largest absolute Gasteiger partial charge is 0.231 e. The molecule has 0 unspecified atom stereocenters. The van der Waals surface area contributed by atoms with Crippen molar-refractivity contribution in [3.8, 4) is 12.1 Å². The number of pyridine rings is 2.